The van der Waals surface area contributed by atoms with E-state index in [1.165, 1.54) is 12.8 Å². The van der Waals surface area contributed by atoms with Crippen molar-refractivity contribution < 1.29 is 0 Å². The number of nitrogens with zero attached hydrogens (tertiary/aromatic N) is 2. The highest BCUT2D eigenvalue weighted by atomic mass is 35.5. The molecule has 19 heavy (non-hydrogen) atoms. The van der Waals surface area contributed by atoms with Gasteiger partial charge in [-0.3, -0.25) is 9.98 Å². The molecule has 0 aliphatic heterocycles. The number of aromatic nitrogens is 1. The number of allylic oxidation sites excluding steroid dienone is 3. The average Bonchev–Trinajstić information content (AvgIpc) is 3.21. The Morgan fingerprint density at radius 3 is 2.84 bits per heavy atom. The molecule has 1 aromatic heterocycles. The van der Waals surface area contributed by atoms with Gasteiger partial charge in [-0.15, -0.1) is 0 Å². The van der Waals surface area contributed by atoms with Crippen molar-refractivity contribution >= 4 is 23.4 Å². The van der Waals surface area contributed by atoms with Crippen molar-refractivity contribution in [2.75, 3.05) is 0 Å². The summed E-state index contributed by atoms with van der Waals surface area (Å²) in [7, 11) is 0. The van der Waals surface area contributed by atoms with E-state index in [2.05, 4.69) is 18.1 Å². The molecule has 2 rings (SSSR count). The van der Waals surface area contributed by atoms with Crippen LogP contribution in [0.3, 0.4) is 0 Å². The van der Waals surface area contributed by atoms with Crippen molar-refractivity contribution in [2.45, 2.75) is 19.8 Å². The molecule has 1 aliphatic carbocycles. The molecule has 0 radical (unpaired) electrons. The summed E-state index contributed by atoms with van der Waals surface area (Å²) in [6.45, 7) is 9.51. The second-order valence-electron chi connectivity index (χ2n) is 4.65. The molecule has 1 saturated carbocycles. The number of halogens is 1. The lowest BCUT2D eigenvalue weighted by Gasteiger charge is -2.07. The quantitative estimate of drug-likeness (QED) is 0.569. The molecule has 2 nitrogen and oxygen atoms in total. The van der Waals surface area contributed by atoms with Gasteiger partial charge in [0.2, 0.25) is 0 Å². The lowest BCUT2D eigenvalue weighted by molar-refractivity contribution is 0.979. The molecular formula is C16H17ClN2. The van der Waals surface area contributed by atoms with E-state index in [1.54, 1.807) is 18.5 Å². The van der Waals surface area contributed by atoms with Gasteiger partial charge in [0.15, 0.2) is 0 Å². The van der Waals surface area contributed by atoms with Crippen LogP contribution in [0.5, 0.6) is 0 Å². The highest BCUT2D eigenvalue weighted by Crippen LogP contribution is 2.38. The lowest BCUT2D eigenvalue weighted by Crippen LogP contribution is -2.00. The number of aliphatic imine (C=N–C) groups is 1. The maximum atomic E-state index is 5.87. The van der Waals surface area contributed by atoms with Gasteiger partial charge in [-0.1, -0.05) is 30.8 Å². The molecule has 0 unspecified atom stereocenters. The first-order valence-corrected chi connectivity index (χ1v) is 6.67. The molecule has 98 valence electrons. The Hall–Kier alpha value is -1.67. The summed E-state index contributed by atoms with van der Waals surface area (Å²) in [6.07, 6.45) is 9.57. The first kappa shape index (κ1) is 13.8. The maximum absolute atomic E-state index is 5.87. The topological polar surface area (TPSA) is 25.2 Å². The van der Waals surface area contributed by atoms with Crippen LogP contribution >= 0.6 is 11.6 Å². The molecule has 1 aromatic rings. The highest BCUT2D eigenvalue weighted by molar-refractivity contribution is 6.30. The fourth-order valence-electron chi connectivity index (χ4n) is 1.93. The Labute approximate surface area is 119 Å². The van der Waals surface area contributed by atoms with E-state index in [-0.39, 0.29) is 0 Å². The molecule has 1 fully saturated rings. The van der Waals surface area contributed by atoms with Crippen LogP contribution in [0.15, 0.2) is 53.4 Å². The molecule has 0 atom stereocenters. The predicted molar refractivity (Wildman–Crippen MR) is 82.3 cm³/mol. The van der Waals surface area contributed by atoms with E-state index in [9.17, 15) is 0 Å². The van der Waals surface area contributed by atoms with Gasteiger partial charge in [0.1, 0.15) is 0 Å². The predicted octanol–water partition coefficient (Wildman–Crippen LogP) is 4.58. The van der Waals surface area contributed by atoms with Crippen molar-refractivity contribution in [3.8, 4) is 0 Å². The third-order valence-electron chi connectivity index (χ3n) is 3.06. The standard InChI is InChI=1S/C16H17ClN2/c1-4-13-10-18-8-7-15(13)12(3)19-16(9-11(2)17)14-5-6-14/h4,7-10,14H,1-2,5-6H2,3H3/b16-9-,19-12?. The lowest BCUT2D eigenvalue weighted by atomic mass is 10.1. The Bertz CT molecular complexity index is 566. The summed E-state index contributed by atoms with van der Waals surface area (Å²) in [6, 6.07) is 1.95. The number of pyridine rings is 1. The van der Waals surface area contributed by atoms with E-state index in [4.69, 9.17) is 16.6 Å². The number of hydrogen-bond donors (Lipinski definition) is 0. The summed E-state index contributed by atoms with van der Waals surface area (Å²) in [4.78, 5) is 8.81. The van der Waals surface area contributed by atoms with Crippen molar-refractivity contribution in [3.63, 3.8) is 0 Å². The second-order valence-corrected chi connectivity index (χ2v) is 5.14. The molecular weight excluding hydrogens is 256 g/mol. The van der Waals surface area contributed by atoms with E-state index < -0.39 is 0 Å². The average molecular weight is 273 g/mol. The zero-order valence-electron chi connectivity index (χ0n) is 11.1. The van der Waals surface area contributed by atoms with Crippen LogP contribution in [0.1, 0.15) is 30.9 Å². The van der Waals surface area contributed by atoms with Crippen LogP contribution in [0, 0.1) is 5.92 Å². The number of hydrogen-bond acceptors (Lipinski definition) is 2. The van der Waals surface area contributed by atoms with Crippen LogP contribution in [0.2, 0.25) is 0 Å². The zero-order valence-corrected chi connectivity index (χ0v) is 11.8. The van der Waals surface area contributed by atoms with Crippen LogP contribution in [-0.2, 0) is 0 Å². The fraction of sp³-hybridized carbons (Fsp3) is 0.250. The molecule has 1 aliphatic rings. The van der Waals surface area contributed by atoms with Gasteiger partial charge < -0.3 is 0 Å². The highest BCUT2D eigenvalue weighted by Gasteiger charge is 2.26. The molecule has 0 N–H and O–H groups in total. The van der Waals surface area contributed by atoms with E-state index in [0.717, 1.165) is 22.5 Å². The molecule has 3 heteroatoms. The van der Waals surface area contributed by atoms with Gasteiger partial charge in [0.05, 0.1) is 0 Å². The third-order valence-corrected chi connectivity index (χ3v) is 3.17. The van der Waals surface area contributed by atoms with Crippen LogP contribution in [0.4, 0.5) is 0 Å². The molecule has 0 bridgehead atoms. The van der Waals surface area contributed by atoms with Gasteiger partial charge in [0.25, 0.3) is 0 Å². The van der Waals surface area contributed by atoms with Crippen molar-refractivity contribution in [3.05, 3.63) is 59.6 Å². The van der Waals surface area contributed by atoms with Gasteiger partial charge >= 0.3 is 0 Å². The normalized spacial score (nSPS) is 16.3. The van der Waals surface area contributed by atoms with Gasteiger partial charge in [0, 0.05) is 45.9 Å². The van der Waals surface area contributed by atoms with Gasteiger partial charge in [-0.05, 0) is 31.9 Å². The van der Waals surface area contributed by atoms with E-state index >= 15 is 0 Å². The Kier molecular flexibility index (Phi) is 4.33. The van der Waals surface area contributed by atoms with Crippen molar-refractivity contribution in [2.24, 2.45) is 10.9 Å². The van der Waals surface area contributed by atoms with Crippen molar-refractivity contribution in [1.82, 2.24) is 4.98 Å². The molecule has 0 spiro atoms. The smallest absolute Gasteiger partial charge is 0.0455 e. The molecule has 0 amide bonds. The Balaban J connectivity index is 2.35. The summed E-state index contributed by atoms with van der Waals surface area (Å²) >= 11 is 5.87. The Morgan fingerprint density at radius 1 is 1.53 bits per heavy atom. The second kappa shape index (κ2) is 5.98. The first-order chi connectivity index (χ1) is 9.11. The minimum atomic E-state index is 0.525. The summed E-state index contributed by atoms with van der Waals surface area (Å²) in [5.74, 6) is 0.527. The van der Waals surface area contributed by atoms with Crippen LogP contribution < -0.4 is 0 Å². The Morgan fingerprint density at radius 2 is 2.26 bits per heavy atom. The minimum absolute atomic E-state index is 0.525. The fourth-order valence-corrected chi connectivity index (χ4v) is 2.05. The maximum Gasteiger partial charge on any atom is 0.0455 e. The first-order valence-electron chi connectivity index (χ1n) is 6.30. The minimum Gasteiger partial charge on any atom is -0.264 e. The molecule has 1 heterocycles. The van der Waals surface area contributed by atoms with Gasteiger partial charge in [-0.25, -0.2) is 0 Å². The van der Waals surface area contributed by atoms with E-state index in [0.29, 0.717) is 11.0 Å². The monoisotopic (exact) mass is 272 g/mol. The summed E-state index contributed by atoms with van der Waals surface area (Å²) in [5.41, 5.74) is 4.01. The zero-order chi connectivity index (χ0) is 13.8. The van der Waals surface area contributed by atoms with Crippen LogP contribution in [0.25, 0.3) is 6.08 Å². The summed E-state index contributed by atoms with van der Waals surface area (Å²) < 4.78 is 0. The van der Waals surface area contributed by atoms with Crippen molar-refractivity contribution in [1.29, 1.82) is 0 Å². The largest absolute Gasteiger partial charge is 0.264 e. The SMILES string of the molecule is C=Cc1cnccc1C(C)=N/C(=C\C(=C)Cl)C1CC1. The third kappa shape index (κ3) is 3.65. The summed E-state index contributed by atoms with van der Waals surface area (Å²) in [5, 5.41) is 0.525. The molecule has 0 saturated heterocycles. The van der Waals surface area contributed by atoms with E-state index in [1.807, 2.05) is 19.1 Å². The van der Waals surface area contributed by atoms with Crippen LogP contribution in [-0.4, -0.2) is 10.7 Å². The molecule has 0 aromatic carbocycles. The number of rotatable bonds is 5. The van der Waals surface area contributed by atoms with Gasteiger partial charge in [-0.2, -0.15) is 0 Å².